The van der Waals surface area contributed by atoms with Gasteiger partial charge in [-0.25, -0.2) is 0 Å². The number of nitrogens with zero attached hydrogens (tertiary/aromatic N) is 2. The Morgan fingerprint density at radius 2 is 2.17 bits per heavy atom. The van der Waals surface area contributed by atoms with Crippen LogP contribution in [0.25, 0.3) is 0 Å². The Morgan fingerprint density at radius 1 is 1.42 bits per heavy atom. The number of hydrogen-bond acceptors (Lipinski definition) is 5. The van der Waals surface area contributed by atoms with Crippen molar-refractivity contribution < 1.29 is 24.2 Å². The van der Waals surface area contributed by atoms with E-state index < -0.39 is 18.0 Å². The third kappa shape index (κ3) is 3.81. The topological polar surface area (TPSA) is 120 Å². The van der Waals surface area contributed by atoms with E-state index in [1.165, 1.54) is 11.0 Å². The molecule has 8 nitrogen and oxygen atoms in total. The van der Waals surface area contributed by atoms with Crippen LogP contribution in [0.4, 0.5) is 11.4 Å². The summed E-state index contributed by atoms with van der Waals surface area (Å²) in [7, 11) is 0. The van der Waals surface area contributed by atoms with Gasteiger partial charge in [-0.05, 0) is 24.6 Å². The van der Waals surface area contributed by atoms with E-state index in [0.717, 1.165) is 0 Å². The number of hydrogen-bond donors (Lipinski definition) is 2. The Hall–Kier alpha value is -3.08. The minimum Gasteiger partial charge on any atom is -0.481 e. The zero-order valence-electron chi connectivity index (χ0n) is 13.1. The first kappa shape index (κ1) is 17.3. The fourth-order valence-electron chi connectivity index (χ4n) is 2.34. The molecule has 0 aromatic heterocycles. The lowest BCUT2D eigenvalue weighted by Gasteiger charge is -2.32. The van der Waals surface area contributed by atoms with Crippen LogP contribution in [0.3, 0.4) is 0 Å². The number of ether oxygens (including phenoxy) is 1. The van der Waals surface area contributed by atoms with Crippen LogP contribution < -0.4 is 15.0 Å². The fourth-order valence-corrected chi connectivity index (χ4v) is 2.34. The monoisotopic (exact) mass is 331 g/mol. The summed E-state index contributed by atoms with van der Waals surface area (Å²) in [6.45, 7) is 1.69. The number of carbonyl (C=O) groups excluding carboxylic acids is 2. The van der Waals surface area contributed by atoms with Crippen LogP contribution in [0.1, 0.15) is 26.2 Å². The van der Waals surface area contributed by atoms with Gasteiger partial charge in [0.1, 0.15) is 12.3 Å². The zero-order valence-corrected chi connectivity index (χ0v) is 13.1. The van der Waals surface area contributed by atoms with Crippen LogP contribution in [-0.2, 0) is 14.4 Å². The Morgan fingerprint density at radius 3 is 2.79 bits per heavy atom. The lowest BCUT2D eigenvalue weighted by atomic mass is 10.1. The molecule has 0 bridgehead atoms. The second kappa shape index (κ2) is 7.46. The number of carbonyl (C=O) groups is 3. The molecule has 126 valence electrons. The molecule has 0 saturated carbocycles. The molecular formula is C16H17N3O5. The highest BCUT2D eigenvalue weighted by Crippen LogP contribution is 2.36. The lowest BCUT2D eigenvalue weighted by molar-refractivity contribution is -0.138. The first-order chi connectivity index (χ1) is 11.5. The average molecular weight is 331 g/mol. The molecule has 0 spiro atoms. The smallest absolute Gasteiger partial charge is 0.303 e. The maximum atomic E-state index is 12.3. The standard InChI is InChI=1S/C16H17N3O5/c1-2-12-16(23)19(8-7-17)11-9-10(3-4-13(11)24-12)18-14(20)5-6-15(21)22/h3-4,9,12H,2,5-6,8H2,1H3,(H,18,20)(H,21,22). The van der Waals surface area contributed by atoms with Crippen molar-refractivity contribution in [1.29, 1.82) is 5.26 Å². The number of anilines is 2. The SMILES string of the molecule is CCC1Oc2ccc(NC(=O)CCC(=O)O)cc2N(CC#N)C1=O. The summed E-state index contributed by atoms with van der Waals surface area (Å²) in [6.07, 6.45) is -0.575. The van der Waals surface area contributed by atoms with Gasteiger partial charge in [0.15, 0.2) is 6.10 Å². The predicted octanol–water partition coefficient (Wildman–Crippen LogP) is 1.52. The molecule has 0 radical (unpaired) electrons. The highest BCUT2D eigenvalue weighted by Gasteiger charge is 2.33. The molecule has 1 atom stereocenters. The van der Waals surface area contributed by atoms with Crippen molar-refractivity contribution in [3.05, 3.63) is 18.2 Å². The van der Waals surface area contributed by atoms with Crippen LogP contribution >= 0.6 is 0 Å². The van der Waals surface area contributed by atoms with E-state index in [9.17, 15) is 14.4 Å². The van der Waals surface area contributed by atoms with Crippen molar-refractivity contribution in [2.45, 2.75) is 32.3 Å². The molecule has 1 heterocycles. The van der Waals surface area contributed by atoms with Gasteiger partial charge >= 0.3 is 5.97 Å². The number of amides is 2. The van der Waals surface area contributed by atoms with Crippen LogP contribution in [0.5, 0.6) is 5.75 Å². The Labute approximate surface area is 138 Å². The molecule has 8 heteroatoms. The molecule has 24 heavy (non-hydrogen) atoms. The molecule has 2 rings (SSSR count). The summed E-state index contributed by atoms with van der Waals surface area (Å²) >= 11 is 0. The predicted molar refractivity (Wildman–Crippen MR) is 84.6 cm³/mol. The number of carboxylic acids is 1. The maximum absolute atomic E-state index is 12.3. The molecule has 0 saturated heterocycles. The number of nitriles is 1. The van der Waals surface area contributed by atoms with Gasteiger partial charge < -0.3 is 15.2 Å². The van der Waals surface area contributed by atoms with Crippen LogP contribution in [0.15, 0.2) is 18.2 Å². The Bertz CT molecular complexity index is 710. The van der Waals surface area contributed by atoms with E-state index in [2.05, 4.69) is 5.32 Å². The van der Waals surface area contributed by atoms with Gasteiger partial charge in [0.25, 0.3) is 5.91 Å². The van der Waals surface area contributed by atoms with Crippen LogP contribution in [0, 0.1) is 11.3 Å². The normalized spacial score (nSPS) is 15.9. The zero-order chi connectivity index (χ0) is 17.7. The molecule has 2 amide bonds. The van der Waals surface area contributed by atoms with Crippen molar-refractivity contribution >= 4 is 29.2 Å². The van der Waals surface area contributed by atoms with E-state index in [4.69, 9.17) is 15.1 Å². The van der Waals surface area contributed by atoms with E-state index in [0.29, 0.717) is 23.5 Å². The number of fused-ring (bicyclic) bond motifs is 1. The summed E-state index contributed by atoms with van der Waals surface area (Å²) in [6, 6.07) is 6.69. The van der Waals surface area contributed by atoms with E-state index in [1.54, 1.807) is 12.1 Å². The summed E-state index contributed by atoms with van der Waals surface area (Å²) in [5.74, 6) is -1.35. The number of rotatable bonds is 6. The third-order valence-electron chi connectivity index (χ3n) is 3.51. The first-order valence-corrected chi connectivity index (χ1v) is 7.47. The molecule has 1 aliphatic rings. The highest BCUT2D eigenvalue weighted by molar-refractivity contribution is 6.01. The molecule has 0 aliphatic carbocycles. The lowest BCUT2D eigenvalue weighted by Crippen LogP contribution is -2.45. The summed E-state index contributed by atoms with van der Waals surface area (Å²) < 4.78 is 5.62. The third-order valence-corrected chi connectivity index (χ3v) is 3.51. The number of aliphatic carboxylic acids is 1. The van der Waals surface area contributed by atoms with Gasteiger partial charge in [-0.3, -0.25) is 19.3 Å². The van der Waals surface area contributed by atoms with Crippen LogP contribution in [-0.4, -0.2) is 35.5 Å². The maximum Gasteiger partial charge on any atom is 0.303 e. The number of carboxylic acid groups (broad SMARTS) is 1. The highest BCUT2D eigenvalue weighted by atomic mass is 16.5. The van der Waals surface area contributed by atoms with Crippen molar-refractivity contribution in [3.8, 4) is 11.8 Å². The molecule has 1 aromatic rings. The molecular weight excluding hydrogens is 314 g/mol. The largest absolute Gasteiger partial charge is 0.481 e. The van der Waals surface area contributed by atoms with Crippen molar-refractivity contribution in [2.24, 2.45) is 0 Å². The van der Waals surface area contributed by atoms with Gasteiger partial charge in [0, 0.05) is 12.1 Å². The molecule has 2 N–H and O–H groups in total. The van der Waals surface area contributed by atoms with Gasteiger partial charge in [-0.1, -0.05) is 6.92 Å². The van der Waals surface area contributed by atoms with Crippen molar-refractivity contribution in [1.82, 2.24) is 0 Å². The van der Waals surface area contributed by atoms with E-state index in [1.807, 2.05) is 13.0 Å². The van der Waals surface area contributed by atoms with Gasteiger partial charge in [-0.15, -0.1) is 0 Å². The Kier molecular flexibility index (Phi) is 5.37. The quantitative estimate of drug-likeness (QED) is 0.763. The summed E-state index contributed by atoms with van der Waals surface area (Å²) in [5.41, 5.74) is 0.806. The molecule has 1 aromatic carbocycles. The van der Waals surface area contributed by atoms with E-state index in [-0.39, 0.29) is 25.3 Å². The fraction of sp³-hybridized carbons (Fsp3) is 0.375. The van der Waals surface area contributed by atoms with Crippen molar-refractivity contribution in [2.75, 3.05) is 16.8 Å². The number of benzene rings is 1. The minimum atomic E-state index is -1.06. The van der Waals surface area contributed by atoms with Crippen LogP contribution in [0.2, 0.25) is 0 Å². The van der Waals surface area contributed by atoms with Crippen molar-refractivity contribution in [3.63, 3.8) is 0 Å². The molecule has 1 unspecified atom stereocenters. The molecule has 1 aliphatic heterocycles. The van der Waals surface area contributed by atoms with Gasteiger partial charge in [0.05, 0.1) is 18.2 Å². The average Bonchev–Trinajstić information content (AvgIpc) is 2.55. The van der Waals surface area contributed by atoms with Gasteiger partial charge in [-0.2, -0.15) is 5.26 Å². The summed E-state index contributed by atoms with van der Waals surface area (Å²) in [4.78, 5) is 35.8. The minimum absolute atomic E-state index is 0.123. The number of nitrogens with one attached hydrogen (secondary N) is 1. The second-order valence-electron chi connectivity index (χ2n) is 5.22. The second-order valence-corrected chi connectivity index (χ2v) is 5.22. The first-order valence-electron chi connectivity index (χ1n) is 7.47. The molecule has 0 fully saturated rings. The van der Waals surface area contributed by atoms with E-state index >= 15 is 0 Å². The van der Waals surface area contributed by atoms with Gasteiger partial charge in [0.2, 0.25) is 5.91 Å². The Balaban J connectivity index is 2.22. The summed E-state index contributed by atoms with van der Waals surface area (Å²) in [5, 5.41) is 20.1.